The maximum atomic E-state index is 12.9. The molecule has 0 saturated heterocycles. The van der Waals surface area contributed by atoms with Crippen molar-refractivity contribution in [2.75, 3.05) is 7.11 Å². The van der Waals surface area contributed by atoms with Crippen LogP contribution in [0.15, 0.2) is 89.1 Å². The minimum atomic E-state index is -0.206. The zero-order valence-corrected chi connectivity index (χ0v) is 14.7. The molecule has 0 atom stereocenters. The molecule has 3 aromatic carbocycles. The standard InChI is InChI=1S/C22H18N2O3/c1-27-20-14-16(12-13-19(20)25)15-23-24-21(17-8-4-2-5-9-17)22(26)18-10-6-3-7-11-18/h2-15,25H,1H3/b23-15+,24-21+. The molecule has 0 aliphatic heterocycles. The first-order valence-electron chi connectivity index (χ1n) is 8.32. The van der Waals surface area contributed by atoms with Crippen LogP contribution in [0.5, 0.6) is 11.5 Å². The molecular weight excluding hydrogens is 340 g/mol. The topological polar surface area (TPSA) is 71.2 Å². The molecule has 27 heavy (non-hydrogen) atoms. The second-order valence-electron chi connectivity index (χ2n) is 5.69. The molecule has 0 spiro atoms. The van der Waals surface area contributed by atoms with E-state index in [9.17, 15) is 9.90 Å². The Labute approximate surface area is 157 Å². The van der Waals surface area contributed by atoms with Crippen LogP contribution in [0.2, 0.25) is 0 Å². The average Bonchev–Trinajstić information content (AvgIpc) is 2.73. The van der Waals surface area contributed by atoms with Crippen LogP contribution >= 0.6 is 0 Å². The highest BCUT2D eigenvalue weighted by atomic mass is 16.5. The van der Waals surface area contributed by atoms with Crippen LogP contribution in [0.25, 0.3) is 0 Å². The third-order valence-electron chi connectivity index (χ3n) is 3.87. The molecule has 0 aliphatic rings. The minimum Gasteiger partial charge on any atom is -0.504 e. The lowest BCUT2D eigenvalue weighted by molar-refractivity contribution is 0.106. The number of ether oxygens (including phenoxy) is 1. The first-order chi connectivity index (χ1) is 13.2. The summed E-state index contributed by atoms with van der Waals surface area (Å²) in [6.45, 7) is 0. The van der Waals surface area contributed by atoms with E-state index in [0.717, 1.165) is 0 Å². The quantitative estimate of drug-likeness (QED) is 0.409. The summed E-state index contributed by atoms with van der Waals surface area (Å²) in [7, 11) is 1.47. The Hall–Kier alpha value is -3.73. The fraction of sp³-hybridized carbons (Fsp3) is 0.0455. The molecule has 0 radical (unpaired) electrons. The summed E-state index contributed by atoms with van der Waals surface area (Å²) in [4.78, 5) is 12.9. The molecule has 1 N–H and O–H groups in total. The van der Waals surface area contributed by atoms with Crippen LogP contribution < -0.4 is 4.74 Å². The summed E-state index contributed by atoms with van der Waals surface area (Å²) in [5.41, 5.74) is 2.17. The third-order valence-corrected chi connectivity index (χ3v) is 3.87. The van der Waals surface area contributed by atoms with Gasteiger partial charge in [0.15, 0.2) is 11.5 Å². The van der Waals surface area contributed by atoms with Gasteiger partial charge in [0.2, 0.25) is 5.78 Å². The van der Waals surface area contributed by atoms with E-state index in [2.05, 4.69) is 10.2 Å². The van der Waals surface area contributed by atoms with E-state index in [1.54, 1.807) is 24.3 Å². The van der Waals surface area contributed by atoms with E-state index in [1.807, 2.05) is 48.5 Å². The van der Waals surface area contributed by atoms with Gasteiger partial charge < -0.3 is 9.84 Å². The molecule has 3 aromatic rings. The lowest BCUT2D eigenvalue weighted by Crippen LogP contribution is -2.15. The van der Waals surface area contributed by atoms with Crippen LogP contribution in [-0.4, -0.2) is 29.9 Å². The fourth-order valence-corrected chi connectivity index (χ4v) is 2.48. The Morgan fingerprint density at radius 3 is 2.19 bits per heavy atom. The van der Waals surface area contributed by atoms with Crippen LogP contribution in [0.1, 0.15) is 21.5 Å². The molecule has 0 unspecified atom stereocenters. The molecule has 5 heteroatoms. The number of carbonyl (C=O) groups is 1. The number of ketones is 1. The number of carbonyl (C=O) groups excluding carboxylic acids is 1. The molecule has 0 bridgehead atoms. The van der Waals surface area contributed by atoms with E-state index in [0.29, 0.717) is 22.4 Å². The molecule has 0 aromatic heterocycles. The van der Waals surface area contributed by atoms with Gasteiger partial charge in [0.1, 0.15) is 5.71 Å². The van der Waals surface area contributed by atoms with Gasteiger partial charge >= 0.3 is 0 Å². The van der Waals surface area contributed by atoms with Crippen molar-refractivity contribution in [3.05, 3.63) is 95.6 Å². The molecule has 5 nitrogen and oxygen atoms in total. The normalized spacial score (nSPS) is 11.5. The van der Waals surface area contributed by atoms with Crippen LogP contribution in [0, 0.1) is 0 Å². The van der Waals surface area contributed by atoms with Crippen molar-refractivity contribution in [1.82, 2.24) is 0 Å². The largest absolute Gasteiger partial charge is 0.504 e. The number of phenols is 1. The summed E-state index contributed by atoms with van der Waals surface area (Å²) in [5, 5.41) is 17.9. The monoisotopic (exact) mass is 358 g/mol. The van der Waals surface area contributed by atoms with Gasteiger partial charge in [-0.1, -0.05) is 60.7 Å². The number of benzene rings is 3. The maximum Gasteiger partial charge on any atom is 0.213 e. The van der Waals surface area contributed by atoms with Gasteiger partial charge in [-0.3, -0.25) is 4.79 Å². The number of hydrogen-bond donors (Lipinski definition) is 1. The Balaban J connectivity index is 1.94. The highest BCUT2D eigenvalue weighted by Gasteiger charge is 2.16. The number of nitrogens with zero attached hydrogens (tertiary/aromatic N) is 2. The second-order valence-corrected chi connectivity index (χ2v) is 5.69. The van der Waals surface area contributed by atoms with Crippen LogP contribution in [-0.2, 0) is 0 Å². The van der Waals surface area contributed by atoms with Crippen molar-refractivity contribution in [1.29, 1.82) is 0 Å². The van der Waals surface area contributed by atoms with E-state index >= 15 is 0 Å². The molecule has 0 heterocycles. The SMILES string of the molecule is COc1cc(/C=N/N=C(/C(=O)c2ccccc2)c2ccccc2)ccc1O. The predicted octanol–water partition coefficient (Wildman–Crippen LogP) is 4.11. The predicted molar refractivity (Wildman–Crippen MR) is 106 cm³/mol. The van der Waals surface area contributed by atoms with Gasteiger partial charge in [-0.25, -0.2) is 0 Å². The molecule has 0 saturated carbocycles. The molecular formula is C22H18N2O3. The molecule has 0 aliphatic carbocycles. The van der Waals surface area contributed by atoms with E-state index in [-0.39, 0.29) is 17.2 Å². The van der Waals surface area contributed by atoms with E-state index < -0.39 is 0 Å². The first kappa shape index (κ1) is 18.1. The number of phenolic OH excluding ortho intramolecular Hbond substituents is 1. The molecule has 0 fully saturated rings. The Morgan fingerprint density at radius 1 is 0.926 bits per heavy atom. The van der Waals surface area contributed by atoms with Gasteiger partial charge in [-0.2, -0.15) is 5.10 Å². The number of rotatable bonds is 6. The zero-order chi connectivity index (χ0) is 19.1. The van der Waals surface area contributed by atoms with E-state index in [1.165, 1.54) is 19.4 Å². The second kappa shape index (κ2) is 8.58. The summed E-state index contributed by atoms with van der Waals surface area (Å²) < 4.78 is 5.08. The van der Waals surface area contributed by atoms with Gasteiger partial charge in [0, 0.05) is 11.1 Å². The van der Waals surface area contributed by atoms with Crippen molar-refractivity contribution in [2.45, 2.75) is 0 Å². The highest BCUT2D eigenvalue weighted by Crippen LogP contribution is 2.25. The van der Waals surface area contributed by atoms with Crippen LogP contribution in [0.4, 0.5) is 0 Å². The summed E-state index contributed by atoms with van der Waals surface area (Å²) in [5.74, 6) is 0.177. The Morgan fingerprint density at radius 2 is 1.56 bits per heavy atom. The Bertz CT molecular complexity index is 981. The van der Waals surface area contributed by atoms with Gasteiger partial charge in [0.25, 0.3) is 0 Å². The number of methoxy groups -OCH3 is 1. The smallest absolute Gasteiger partial charge is 0.213 e. The summed E-state index contributed by atoms with van der Waals surface area (Å²) in [6.07, 6.45) is 1.50. The summed E-state index contributed by atoms with van der Waals surface area (Å²) in [6, 6.07) is 23.0. The summed E-state index contributed by atoms with van der Waals surface area (Å²) >= 11 is 0. The third kappa shape index (κ3) is 4.46. The van der Waals surface area contributed by atoms with Crippen molar-refractivity contribution in [3.8, 4) is 11.5 Å². The number of Topliss-reactive ketones (excluding diaryl/α,β-unsaturated/α-hetero) is 1. The number of aromatic hydroxyl groups is 1. The van der Waals surface area contributed by atoms with E-state index in [4.69, 9.17) is 4.74 Å². The first-order valence-corrected chi connectivity index (χ1v) is 8.32. The maximum absolute atomic E-state index is 12.9. The van der Waals surface area contributed by atoms with Crippen molar-refractivity contribution >= 4 is 17.7 Å². The van der Waals surface area contributed by atoms with Crippen molar-refractivity contribution < 1.29 is 14.6 Å². The van der Waals surface area contributed by atoms with Crippen molar-refractivity contribution in [3.63, 3.8) is 0 Å². The fourth-order valence-electron chi connectivity index (χ4n) is 2.48. The lowest BCUT2D eigenvalue weighted by atomic mass is 10.0. The zero-order valence-electron chi connectivity index (χ0n) is 14.7. The lowest BCUT2D eigenvalue weighted by Gasteiger charge is -2.05. The van der Waals surface area contributed by atoms with Gasteiger partial charge in [-0.05, 0) is 23.8 Å². The van der Waals surface area contributed by atoms with Gasteiger partial charge in [-0.15, -0.1) is 5.10 Å². The molecule has 134 valence electrons. The van der Waals surface area contributed by atoms with Gasteiger partial charge in [0.05, 0.1) is 13.3 Å². The Kier molecular flexibility index (Phi) is 5.74. The highest BCUT2D eigenvalue weighted by molar-refractivity contribution is 6.51. The molecule has 0 amide bonds. The van der Waals surface area contributed by atoms with Crippen LogP contribution in [0.3, 0.4) is 0 Å². The average molecular weight is 358 g/mol. The number of hydrogen-bond acceptors (Lipinski definition) is 5. The van der Waals surface area contributed by atoms with Crippen molar-refractivity contribution in [2.24, 2.45) is 10.2 Å². The molecule has 3 rings (SSSR count). The minimum absolute atomic E-state index is 0.0439.